The average Bonchev–Trinajstić information content (AvgIpc) is 3.10. The smallest absolute Gasteiger partial charge is 0.261 e. The molecule has 1 saturated heterocycles. The average molecular weight is 392 g/mol. The minimum absolute atomic E-state index is 0.120. The number of rotatable bonds is 8. The van der Waals surface area contributed by atoms with Crippen molar-refractivity contribution in [3.05, 3.63) is 35.4 Å². The summed E-state index contributed by atoms with van der Waals surface area (Å²) in [6.07, 6.45) is 2.93. The van der Waals surface area contributed by atoms with Gasteiger partial charge in [-0.1, -0.05) is 12.1 Å². The molecule has 1 unspecified atom stereocenters. The summed E-state index contributed by atoms with van der Waals surface area (Å²) in [4.78, 5) is 37.5. The Morgan fingerprint density at radius 3 is 2.37 bits per heavy atom. The first-order valence-corrected chi connectivity index (χ1v) is 11.1. The summed E-state index contributed by atoms with van der Waals surface area (Å²) < 4.78 is 22.8. The Balaban J connectivity index is 1.32. The maximum absolute atomic E-state index is 12.2. The van der Waals surface area contributed by atoms with E-state index in [0.717, 1.165) is 19.3 Å². The maximum atomic E-state index is 12.2. The Kier molecular flexibility index (Phi) is 5.94. The van der Waals surface area contributed by atoms with Crippen LogP contribution < -0.4 is 5.32 Å². The number of hydrogen-bond donors (Lipinski definition) is 1. The van der Waals surface area contributed by atoms with E-state index in [1.54, 1.807) is 24.3 Å². The van der Waals surface area contributed by atoms with Crippen molar-refractivity contribution in [3.8, 4) is 0 Å². The van der Waals surface area contributed by atoms with Gasteiger partial charge in [0.05, 0.1) is 22.6 Å². The van der Waals surface area contributed by atoms with E-state index in [9.17, 15) is 22.8 Å². The van der Waals surface area contributed by atoms with Crippen molar-refractivity contribution in [1.82, 2.24) is 10.2 Å². The zero-order valence-electron chi connectivity index (χ0n) is 15.1. The molecule has 1 fully saturated rings. The number of fused-ring (bicyclic) bond motifs is 1. The van der Waals surface area contributed by atoms with Gasteiger partial charge in [-0.25, -0.2) is 8.42 Å². The van der Waals surface area contributed by atoms with Crippen LogP contribution >= 0.6 is 0 Å². The number of nitrogens with zero attached hydrogens (tertiary/aromatic N) is 1. The molecule has 2 aliphatic rings. The number of carbonyl (C=O) groups is 3. The molecule has 0 saturated carbocycles. The van der Waals surface area contributed by atoms with Crippen LogP contribution in [0.5, 0.6) is 0 Å². The fourth-order valence-electron chi connectivity index (χ4n) is 3.65. The van der Waals surface area contributed by atoms with Gasteiger partial charge >= 0.3 is 0 Å². The van der Waals surface area contributed by atoms with Gasteiger partial charge in [-0.2, -0.15) is 0 Å². The van der Waals surface area contributed by atoms with E-state index in [1.165, 1.54) is 4.90 Å². The Morgan fingerprint density at radius 1 is 1.11 bits per heavy atom. The van der Waals surface area contributed by atoms with Gasteiger partial charge in [0.2, 0.25) is 5.91 Å². The van der Waals surface area contributed by atoms with Crippen LogP contribution in [0.2, 0.25) is 0 Å². The molecule has 0 aliphatic carbocycles. The molecule has 1 aromatic carbocycles. The van der Waals surface area contributed by atoms with Gasteiger partial charge in [0.25, 0.3) is 11.8 Å². The van der Waals surface area contributed by atoms with Crippen LogP contribution in [0, 0.1) is 5.92 Å². The van der Waals surface area contributed by atoms with Crippen LogP contribution in [-0.2, 0) is 14.6 Å². The van der Waals surface area contributed by atoms with Crippen molar-refractivity contribution in [2.45, 2.75) is 32.1 Å². The number of benzene rings is 1. The lowest BCUT2D eigenvalue weighted by molar-refractivity contribution is -0.121. The van der Waals surface area contributed by atoms with Crippen LogP contribution in [0.25, 0.3) is 0 Å². The van der Waals surface area contributed by atoms with Crippen molar-refractivity contribution in [2.24, 2.45) is 5.92 Å². The van der Waals surface area contributed by atoms with Gasteiger partial charge in [-0.3, -0.25) is 19.3 Å². The lowest BCUT2D eigenvalue weighted by Crippen LogP contribution is -2.32. The number of carbonyl (C=O) groups excluding carboxylic acids is 3. The van der Waals surface area contributed by atoms with Crippen LogP contribution in [0.15, 0.2) is 24.3 Å². The fraction of sp³-hybridized carbons (Fsp3) is 0.526. The summed E-state index contributed by atoms with van der Waals surface area (Å²) in [5.74, 6) is 0.0275. The van der Waals surface area contributed by atoms with Crippen molar-refractivity contribution >= 4 is 27.6 Å². The molecule has 146 valence electrons. The van der Waals surface area contributed by atoms with Crippen molar-refractivity contribution in [1.29, 1.82) is 0 Å². The molecule has 0 aromatic heterocycles. The van der Waals surface area contributed by atoms with Crippen LogP contribution in [-0.4, -0.2) is 55.6 Å². The maximum Gasteiger partial charge on any atom is 0.261 e. The minimum atomic E-state index is -2.84. The first kappa shape index (κ1) is 19.5. The van der Waals surface area contributed by atoms with Gasteiger partial charge in [0.1, 0.15) is 0 Å². The zero-order chi connectivity index (χ0) is 19.4. The molecule has 8 heteroatoms. The topological polar surface area (TPSA) is 101 Å². The summed E-state index contributed by atoms with van der Waals surface area (Å²) in [6, 6.07) is 6.72. The third kappa shape index (κ3) is 4.74. The third-order valence-electron chi connectivity index (χ3n) is 5.10. The van der Waals surface area contributed by atoms with E-state index in [2.05, 4.69) is 5.32 Å². The minimum Gasteiger partial charge on any atom is -0.356 e. The van der Waals surface area contributed by atoms with E-state index in [4.69, 9.17) is 0 Å². The molecule has 0 bridgehead atoms. The van der Waals surface area contributed by atoms with Gasteiger partial charge < -0.3 is 5.32 Å². The first-order chi connectivity index (χ1) is 12.9. The molecule has 3 rings (SSSR count). The Morgan fingerprint density at radius 2 is 1.78 bits per heavy atom. The second-order valence-electron chi connectivity index (χ2n) is 7.17. The Bertz CT molecular complexity index is 814. The predicted molar refractivity (Wildman–Crippen MR) is 100 cm³/mol. The number of imide groups is 1. The second-order valence-corrected chi connectivity index (χ2v) is 9.40. The molecule has 27 heavy (non-hydrogen) atoms. The highest BCUT2D eigenvalue weighted by Gasteiger charge is 2.34. The van der Waals surface area contributed by atoms with Gasteiger partial charge in [-0.15, -0.1) is 0 Å². The largest absolute Gasteiger partial charge is 0.356 e. The van der Waals surface area contributed by atoms with Crippen LogP contribution in [0.4, 0.5) is 0 Å². The highest BCUT2D eigenvalue weighted by Crippen LogP contribution is 2.23. The van der Waals surface area contributed by atoms with Crippen molar-refractivity contribution in [2.75, 3.05) is 24.6 Å². The highest BCUT2D eigenvalue weighted by atomic mass is 32.2. The summed E-state index contributed by atoms with van der Waals surface area (Å²) in [5, 5.41) is 2.82. The second kappa shape index (κ2) is 8.21. The SMILES string of the molecule is O=C(CCCN1C(=O)c2ccccc2C1=O)NCCCC1CCS(=O)(=O)C1. The standard InChI is InChI=1S/C19H24N2O5S/c22-17(20-10-3-5-14-9-12-27(25,26)13-14)8-4-11-21-18(23)15-6-1-2-7-16(15)19(21)24/h1-2,6-7,14H,3-5,8-13H2,(H,20,22). The first-order valence-electron chi connectivity index (χ1n) is 9.30. The number of sulfone groups is 1. The Hall–Kier alpha value is -2.22. The van der Waals surface area contributed by atoms with Gasteiger partial charge in [0.15, 0.2) is 9.84 Å². The molecule has 7 nitrogen and oxygen atoms in total. The summed E-state index contributed by atoms with van der Waals surface area (Å²) in [7, 11) is -2.84. The summed E-state index contributed by atoms with van der Waals surface area (Å²) >= 11 is 0. The lowest BCUT2D eigenvalue weighted by atomic mass is 10.0. The molecular formula is C19H24N2O5S. The molecule has 0 radical (unpaired) electrons. The summed E-state index contributed by atoms with van der Waals surface area (Å²) in [6.45, 7) is 0.738. The monoisotopic (exact) mass is 392 g/mol. The van der Waals surface area contributed by atoms with E-state index in [-0.39, 0.29) is 48.1 Å². The van der Waals surface area contributed by atoms with E-state index >= 15 is 0 Å². The van der Waals surface area contributed by atoms with Crippen molar-refractivity contribution in [3.63, 3.8) is 0 Å². The van der Waals surface area contributed by atoms with Gasteiger partial charge in [0, 0.05) is 19.5 Å². The normalized spacial score (nSPS) is 20.7. The highest BCUT2D eigenvalue weighted by molar-refractivity contribution is 7.91. The molecule has 1 aromatic rings. The fourth-order valence-corrected chi connectivity index (χ4v) is 5.56. The molecular weight excluding hydrogens is 368 g/mol. The summed E-state index contributed by atoms with van der Waals surface area (Å²) in [5.41, 5.74) is 0.835. The molecule has 2 heterocycles. The van der Waals surface area contributed by atoms with E-state index in [1.807, 2.05) is 0 Å². The third-order valence-corrected chi connectivity index (χ3v) is 6.94. The number of hydrogen-bond acceptors (Lipinski definition) is 5. The van der Waals surface area contributed by atoms with E-state index < -0.39 is 9.84 Å². The number of nitrogens with one attached hydrogen (secondary N) is 1. The van der Waals surface area contributed by atoms with Crippen LogP contribution in [0.3, 0.4) is 0 Å². The predicted octanol–water partition coefficient (Wildman–Crippen LogP) is 1.39. The zero-order valence-corrected chi connectivity index (χ0v) is 16.0. The number of amides is 3. The van der Waals surface area contributed by atoms with Gasteiger partial charge in [-0.05, 0) is 43.7 Å². The van der Waals surface area contributed by atoms with E-state index in [0.29, 0.717) is 24.1 Å². The molecule has 3 amide bonds. The molecule has 1 N–H and O–H groups in total. The molecule has 1 atom stereocenters. The quantitative estimate of drug-likeness (QED) is 0.532. The molecule has 0 spiro atoms. The van der Waals surface area contributed by atoms with Crippen molar-refractivity contribution < 1.29 is 22.8 Å². The Labute approximate surface area is 159 Å². The molecule has 2 aliphatic heterocycles. The van der Waals surface area contributed by atoms with Crippen LogP contribution in [0.1, 0.15) is 52.8 Å². The lowest BCUT2D eigenvalue weighted by Gasteiger charge is -2.13.